The predicted molar refractivity (Wildman–Crippen MR) is 111 cm³/mol. The Bertz CT molecular complexity index is 1010. The van der Waals surface area contributed by atoms with Crippen LogP contribution in [0.15, 0.2) is 52.5 Å². The van der Waals surface area contributed by atoms with Gasteiger partial charge in [-0.2, -0.15) is 0 Å². The second kappa shape index (κ2) is 8.44. The second-order valence-corrected chi connectivity index (χ2v) is 7.27. The van der Waals surface area contributed by atoms with Crippen LogP contribution in [0.4, 0.5) is 11.4 Å². The summed E-state index contributed by atoms with van der Waals surface area (Å²) in [6, 6.07) is 11.5. The number of carbonyl (C=O) groups is 2. The summed E-state index contributed by atoms with van der Waals surface area (Å²) in [6.07, 6.45) is 1.79. The first-order valence-electron chi connectivity index (χ1n) is 8.88. The van der Waals surface area contributed by atoms with E-state index in [0.29, 0.717) is 22.1 Å². The Hall–Kier alpha value is -3.20. The maximum atomic E-state index is 12.7. The van der Waals surface area contributed by atoms with Crippen molar-refractivity contribution in [2.75, 3.05) is 5.01 Å². The molecule has 1 heterocycles. The zero-order valence-corrected chi connectivity index (χ0v) is 17.3. The van der Waals surface area contributed by atoms with Crippen LogP contribution < -0.4 is 15.2 Å². The minimum Gasteiger partial charge on any atom is -0.483 e. The lowest BCUT2D eigenvalue weighted by Gasteiger charge is -2.14. The van der Waals surface area contributed by atoms with E-state index in [-0.39, 0.29) is 23.1 Å². The summed E-state index contributed by atoms with van der Waals surface area (Å²) in [6.45, 7) is 3.72. The number of hydrogen-bond acceptors (Lipinski definition) is 5. The number of hydrazine groups is 1. The van der Waals surface area contributed by atoms with E-state index < -0.39 is 16.7 Å². The number of nitro groups is 1. The van der Waals surface area contributed by atoms with Gasteiger partial charge in [0.1, 0.15) is 5.57 Å². The minimum absolute atomic E-state index is 0.111. The van der Waals surface area contributed by atoms with E-state index in [0.717, 1.165) is 5.01 Å². The molecule has 1 atom stereocenters. The topological polar surface area (TPSA) is 102 Å². The van der Waals surface area contributed by atoms with Crippen LogP contribution in [-0.2, 0) is 9.59 Å². The third kappa shape index (κ3) is 4.29. The standard InChI is InChI=1S/C20H18BrN3O5/c1-3-12(2)29-18-16(21)10-13(11-17(18)24(27)28)9-15-19(25)22-23(20(15)26)14-7-5-4-6-8-14/h4-12H,3H2,1-2H3,(H,22,25)/b15-9-/t12-/m1/s1. The van der Waals surface area contributed by atoms with Gasteiger partial charge in [0.15, 0.2) is 0 Å². The lowest BCUT2D eigenvalue weighted by molar-refractivity contribution is -0.386. The number of nitro benzene ring substituents is 1. The van der Waals surface area contributed by atoms with E-state index in [1.54, 1.807) is 36.4 Å². The normalized spacial score (nSPS) is 16.1. The molecule has 0 saturated carbocycles. The highest BCUT2D eigenvalue weighted by molar-refractivity contribution is 9.10. The summed E-state index contributed by atoms with van der Waals surface area (Å²) in [5, 5.41) is 12.7. The van der Waals surface area contributed by atoms with Crippen LogP contribution in [0.2, 0.25) is 0 Å². The van der Waals surface area contributed by atoms with Gasteiger partial charge in [-0.25, -0.2) is 5.01 Å². The number of anilines is 1. The van der Waals surface area contributed by atoms with Gasteiger partial charge in [0.2, 0.25) is 5.75 Å². The van der Waals surface area contributed by atoms with Crippen LogP contribution in [0.3, 0.4) is 0 Å². The molecule has 8 nitrogen and oxygen atoms in total. The lowest BCUT2D eigenvalue weighted by Crippen LogP contribution is -2.35. The molecule has 29 heavy (non-hydrogen) atoms. The van der Waals surface area contributed by atoms with Crippen molar-refractivity contribution in [3.8, 4) is 5.75 Å². The van der Waals surface area contributed by atoms with E-state index in [1.807, 2.05) is 13.8 Å². The van der Waals surface area contributed by atoms with Gasteiger partial charge in [0.25, 0.3) is 11.8 Å². The number of hydrogen-bond donors (Lipinski definition) is 1. The Morgan fingerprint density at radius 1 is 1.28 bits per heavy atom. The SMILES string of the molecule is CC[C@@H](C)Oc1c(Br)cc(/C=C2/C(=O)NN(c3ccccc3)C2=O)cc1[N+](=O)[O-]. The highest BCUT2D eigenvalue weighted by Crippen LogP contribution is 2.38. The van der Waals surface area contributed by atoms with Gasteiger partial charge in [-0.15, -0.1) is 0 Å². The van der Waals surface area contributed by atoms with Crippen LogP contribution in [0.5, 0.6) is 5.75 Å². The Labute approximate surface area is 175 Å². The predicted octanol–water partition coefficient (Wildman–Crippen LogP) is 4.00. The van der Waals surface area contributed by atoms with Crippen molar-refractivity contribution in [2.45, 2.75) is 26.4 Å². The average Bonchev–Trinajstić information content (AvgIpc) is 2.98. The zero-order valence-electron chi connectivity index (χ0n) is 15.7. The quantitative estimate of drug-likeness (QED) is 0.304. The van der Waals surface area contributed by atoms with Crippen molar-refractivity contribution in [2.24, 2.45) is 0 Å². The molecule has 2 amide bonds. The number of nitrogens with one attached hydrogen (secondary N) is 1. The average molecular weight is 460 g/mol. The fourth-order valence-electron chi connectivity index (χ4n) is 2.70. The maximum absolute atomic E-state index is 12.7. The van der Waals surface area contributed by atoms with E-state index in [2.05, 4.69) is 21.4 Å². The smallest absolute Gasteiger partial charge is 0.312 e. The Morgan fingerprint density at radius 2 is 1.97 bits per heavy atom. The minimum atomic E-state index is -0.586. The molecule has 0 aliphatic carbocycles. The number of para-hydroxylation sites is 1. The number of ether oxygens (including phenoxy) is 1. The first kappa shape index (κ1) is 20.5. The lowest BCUT2D eigenvalue weighted by atomic mass is 10.1. The zero-order chi connectivity index (χ0) is 21.1. The van der Waals surface area contributed by atoms with E-state index in [4.69, 9.17) is 4.74 Å². The molecule has 0 bridgehead atoms. The van der Waals surface area contributed by atoms with E-state index in [9.17, 15) is 19.7 Å². The molecular weight excluding hydrogens is 442 g/mol. The number of nitrogens with zero attached hydrogens (tertiary/aromatic N) is 2. The molecule has 2 aromatic carbocycles. The van der Waals surface area contributed by atoms with E-state index >= 15 is 0 Å². The van der Waals surface area contributed by atoms with Gasteiger partial charge in [-0.3, -0.25) is 25.1 Å². The Morgan fingerprint density at radius 3 is 2.59 bits per heavy atom. The molecule has 0 aromatic heterocycles. The molecule has 0 spiro atoms. The van der Waals surface area contributed by atoms with Crippen LogP contribution in [0, 0.1) is 10.1 Å². The van der Waals surface area contributed by atoms with Crippen molar-refractivity contribution < 1.29 is 19.2 Å². The molecule has 1 aliphatic rings. The van der Waals surface area contributed by atoms with Gasteiger partial charge in [-0.05, 0) is 59.1 Å². The van der Waals surface area contributed by atoms with Crippen LogP contribution >= 0.6 is 15.9 Å². The first-order valence-corrected chi connectivity index (χ1v) is 9.68. The molecule has 0 unspecified atom stereocenters. The molecule has 1 N–H and O–H groups in total. The Balaban J connectivity index is 1.98. The van der Waals surface area contributed by atoms with Gasteiger partial charge < -0.3 is 4.74 Å². The number of benzene rings is 2. The summed E-state index contributed by atoms with van der Waals surface area (Å²) >= 11 is 3.30. The highest BCUT2D eigenvalue weighted by Gasteiger charge is 2.34. The van der Waals surface area contributed by atoms with Crippen molar-refractivity contribution in [1.29, 1.82) is 0 Å². The second-order valence-electron chi connectivity index (χ2n) is 6.42. The monoisotopic (exact) mass is 459 g/mol. The molecule has 3 rings (SSSR count). The van der Waals surface area contributed by atoms with Crippen LogP contribution in [-0.4, -0.2) is 22.8 Å². The summed E-state index contributed by atoms with van der Waals surface area (Å²) in [4.78, 5) is 36.0. The van der Waals surface area contributed by atoms with Gasteiger partial charge in [-0.1, -0.05) is 25.1 Å². The summed E-state index contributed by atoms with van der Waals surface area (Å²) in [5.74, 6) is -1.02. The molecule has 1 fully saturated rings. The number of halogens is 1. The molecular formula is C20H18BrN3O5. The van der Waals surface area contributed by atoms with Crippen molar-refractivity contribution in [3.05, 3.63) is 68.2 Å². The molecule has 0 radical (unpaired) electrons. The third-order valence-corrected chi connectivity index (χ3v) is 4.94. The van der Waals surface area contributed by atoms with Crippen LogP contribution in [0.1, 0.15) is 25.8 Å². The summed E-state index contributed by atoms with van der Waals surface area (Å²) in [7, 11) is 0. The molecule has 2 aromatic rings. The highest BCUT2D eigenvalue weighted by atomic mass is 79.9. The molecule has 1 saturated heterocycles. The summed E-state index contributed by atoms with van der Waals surface area (Å²) < 4.78 is 6.03. The number of amides is 2. The number of rotatable bonds is 6. The van der Waals surface area contributed by atoms with Crippen LogP contribution in [0.25, 0.3) is 6.08 Å². The van der Waals surface area contributed by atoms with Gasteiger partial charge in [0.05, 0.1) is 21.2 Å². The van der Waals surface area contributed by atoms with E-state index in [1.165, 1.54) is 12.1 Å². The molecule has 1 aliphatic heterocycles. The number of carbonyl (C=O) groups excluding carboxylic acids is 2. The molecule has 150 valence electrons. The van der Waals surface area contributed by atoms with Crippen molar-refractivity contribution in [3.63, 3.8) is 0 Å². The fraction of sp³-hybridized carbons (Fsp3) is 0.200. The molecule has 9 heteroatoms. The van der Waals surface area contributed by atoms with Crippen molar-refractivity contribution in [1.82, 2.24) is 5.43 Å². The summed E-state index contributed by atoms with van der Waals surface area (Å²) in [5.41, 5.74) is 2.96. The maximum Gasteiger partial charge on any atom is 0.312 e. The van der Waals surface area contributed by atoms with Crippen molar-refractivity contribution >= 4 is 45.2 Å². The Kier molecular flexibility index (Phi) is 5.97. The largest absolute Gasteiger partial charge is 0.483 e. The first-order chi connectivity index (χ1) is 13.8. The third-order valence-electron chi connectivity index (χ3n) is 4.35. The van der Waals surface area contributed by atoms with Gasteiger partial charge in [0, 0.05) is 6.07 Å². The fourth-order valence-corrected chi connectivity index (χ4v) is 3.26. The van der Waals surface area contributed by atoms with Gasteiger partial charge >= 0.3 is 5.69 Å².